The van der Waals surface area contributed by atoms with Crippen LogP contribution in [0.5, 0.6) is 0 Å². The fraction of sp³-hybridized carbons (Fsp3) is 0.391. The maximum atomic E-state index is 12.6. The van der Waals surface area contributed by atoms with Gasteiger partial charge in [0.05, 0.1) is 11.6 Å². The molecule has 1 N–H and O–H groups in total. The second-order valence-electron chi connectivity index (χ2n) is 8.53. The first-order valence-corrected chi connectivity index (χ1v) is 11.3. The number of hydrogen-bond acceptors (Lipinski definition) is 5. The fourth-order valence-electron chi connectivity index (χ4n) is 4.10. The van der Waals surface area contributed by atoms with Gasteiger partial charge in [-0.2, -0.15) is 0 Å². The number of halogens is 2. The van der Waals surface area contributed by atoms with E-state index in [1.54, 1.807) is 24.3 Å². The highest BCUT2D eigenvalue weighted by atomic mass is 35.5. The number of carbonyl (C=O) groups excluding carboxylic acids is 1. The summed E-state index contributed by atoms with van der Waals surface area (Å²) in [5.41, 5.74) is 1.14. The molecule has 1 aliphatic heterocycles. The number of furan rings is 1. The van der Waals surface area contributed by atoms with Gasteiger partial charge < -0.3 is 14.3 Å². The van der Waals surface area contributed by atoms with E-state index in [1.165, 1.54) is 0 Å². The number of benzene rings is 1. The highest BCUT2D eigenvalue weighted by molar-refractivity contribution is 6.35. The molecule has 2 atom stereocenters. The van der Waals surface area contributed by atoms with Crippen LogP contribution in [0.3, 0.4) is 0 Å². The third-order valence-corrected chi connectivity index (χ3v) is 6.54. The van der Waals surface area contributed by atoms with Gasteiger partial charge in [-0.1, -0.05) is 35.3 Å². The van der Waals surface area contributed by atoms with Crippen LogP contribution in [0, 0.1) is 5.92 Å². The van der Waals surface area contributed by atoms with Crippen molar-refractivity contribution in [2.75, 3.05) is 13.1 Å². The highest BCUT2D eigenvalue weighted by Crippen LogP contribution is 2.40. The highest BCUT2D eigenvalue weighted by Gasteiger charge is 2.33. The van der Waals surface area contributed by atoms with Crippen LogP contribution in [-0.4, -0.2) is 35.1 Å². The first-order chi connectivity index (χ1) is 15.0. The van der Waals surface area contributed by atoms with Crippen LogP contribution in [-0.2, 0) is 6.54 Å². The zero-order valence-electron chi connectivity index (χ0n) is 17.1. The van der Waals surface area contributed by atoms with Crippen molar-refractivity contribution in [3.8, 4) is 11.3 Å². The van der Waals surface area contributed by atoms with Gasteiger partial charge in [-0.15, -0.1) is 0 Å². The first-order valence-electron chi connectivity index (χ1n) is 10.5. The molecule has 1 aliphatic carbocycles. The Bertz CT molecular complexity index is 1110. The second kappa shape index (κ2) is 8.34. The molecule has 0 bridgehead atoms. The lowest BCUT2D eigenvalue weighted by Gasteiger charge is -2.16. The SMILES string of the molecule is CC1CN(Cc2ccc(-c3cc(Cl)ccc3Cl)o2)C[C@H]1NC(=O)c1cc(C2CC2)on1. The molecule has 3 heterocycles. The third-order valence-electron chi connectivity index (χ3n) is 5.98. The lowest BCUT2D eigenvalue weighted by Crippen LogP contribution is -2.39. The monoisotopic (exact) mass is 459 g/mol. The number of aromatic nitrogens is 1. The number of carbonyl (C=O) groups is 1. The topological polar surface area (TPSA) is 71.5 Å². The maximum absolute atomic E-state index is 12.6. The third kappa shape index (κ3) is 4.52. The molecule has 2 aliphatic rings. The van der Waals surface area contributed by atoms with E-state index in [9.17, 15) is 4.79 Å². The molecule has 3 aromatic rings. The Morgan fingerprint density at radius 1 is 1.19 bits per heavy atom. The molecule has 1 unspecified atom stereocenters. The summed E-state index contributed by atoms with van der Waals surface area (Å²) in [6.07, 6.45) is 2.23. The van der Waals surface area contributed by atoms with Crippen molar-refractivity contribution < 1.29 is 13.7 Å². The van der Waals surface area contributed by atoms with E-state index in [-0.39, 0.29) is 11.9 Å². The van der Waals surface area contributed by atoms with Gasteiger partial charge in [-0.3, -0.25) is 9.69 Å². The molecule has 1 aromatic carbocycles. The van der Waals surface area contributed by atoms with Crippen molar-refractivity contribution in [3.63, 3.8) is 0 Å². The van der Waals surface area contributed by atoms with Crippen LogP contribution < -0.4 is 5.32 Å². The van der Waals surface area contributed by atoms with Gasteiger partial charge in [0, 0.05) is 41.7 Å². The standard InChI is InChI=1S/C23H23Cl2N3O3/c1-13-10-28(11-16-5-7-21(30-16)17-8-15(24)4-6-18(17)25)12-20(13)26-23(29)19-9-22(31-27-19)14-2-3-14/h4-9,13-14,20H,2-3,10-12H2,1H3,(H,26,29)/t13?,20-/m1/s1. The van der Waals surface area contributed by atoms with E-state index in [2.05, 4.69) is 22.3 Å². The van der Waals surface area contributed by atoms with Crippen LogP contribution in [0.25, 0.3) is 11.3 Å². The fourth-order valence-corrected chi connectivity index (χ4v) is 4.48. The number of nitrogens with one attached hydrogen (secondary N) is 1. The summed E-state index contributed by atoms with van der Waals surface area (Å²) in [6, 6.07) is 11.0. The molecule has 162 valence electrons. The van der Waals surface area contributed by atoms with E-state index >= 15 is 0 Å². The molecular formula is C23H23Cl2N3O3. The van der Waals surface area contributed by atoms with Crippen LogP contribution in [0.2, 0.25) is 10.0 Å². The van der Waals surface area contributed by atoms with E-state index in [4.69, 9.17) is 32.1 Å². The van der Waals surface area contributed by atoms with Gasteiger partial charge in [0.1, 0.15) is 17.3 Å². The zero-order chi connectivity index (χ0) is 21.5. The van der Waals surface area contributed by atoms with Gasteiger partial charge in [0.25, 0.3) is 5.91 Å². The van der Waals surface area contributed by atoms with Gasteiger partial charge in [0.2, 0.25) is 0 Å². The summed E-state index contributed by atoms with van der Waals surface area (Å²) in [6.45, 7) is 4.41. The number of hydrogen-bond donors (Lipinski definition) is 1. The van der Waals surface area contributed by atoms with E-state index < -0.39 is 0 Å². The average Bonchev–Trinajstić information content (AvgIpc) is 3.13. The second-order valence-corrected chi connectivity index (χ2v) is 9.37. The van der Waals surface area contributed by atoms with E-state index in [1.807, 2.05) is 12.1 Å². The Hall–Kier alpha value is -2.28. The minimum absolute atomic E-state index is 0.0467. The van der Waals surface area contributed by atoms with Crippen molar-refractivity contribution >= 4 is 29.1 Å². The Kier molecular flexibility index (Phi) is 5.54. The van der Waals surface area contributed by atoms with Crippen molar-refractivity contribution in [1.82, 2.24) is 15.4 Å². The van der Waals surface area contributed by atoms with E-state index in [0.29, 0.717) is 39.9 Å². The van der Waals surface area contributed by atoms with Crippen LogP contribution in [0.4, 0.5) is 0 Å². The molecule has 1 saturated carbocycles. The summed E-state index contributed by atoms with van der Waals surface area (Å²) in [5, 5.41) is 8.26. The van der Waals surface area contributed by atoms with Crippen LogP contribution in [0.15, 0.2) is 45.3 Å². The summed E-state index contributed by atoms with van der Waals surface area (Å²) >= 11 is 12.4. The molecule has 31 heavy (non-hydrogen) atoms. The summed E-state index contributed by atoms with van der Waals surface area (Å²) in [5.74, 6) is 2.93. The van der Waals surface area contributed by atoms with Crippen molar-refractivity contribution in [1.29, 1.82) is 0 Å². The number of likely N-dealkylation sites (tertiary alicyclic amines) is 1. The largest absolute Gasteiger partial charge is 0.460 e. The molecular weight excluding hydrogens is 437 g/mol. The minimum atomic E-state index is -0.176. The number of amides is 1. The summed E-state index contributed by atoms with van der Waals surface area (Å²) in [7, 11) is 0. The molecule has 5 rings (SSSR count). The summed E-state index contributed by atoms with van der Waals surface area (Å²) < 4.78 is 11.3. The Labute approximate surface area is 190 Å². The molecule has 0 radical (unpaired) electrons. The molecule has 2 fully saturated rings. The molecule has 2 aromatic heterocycles. The molecule has 1 saturated heterocycles. The van der Waals surface area contributed by atoms with Crippen molar-refractivity contribution in [3.05, 3.63) is 63.7 Å². The summed E-state index contributed by atoms with van der Waals surface area (Å²) in [4.78, 5) is 14.9. The molecule has 8 heteroatoms. The van der Waals surface area contributed by atoms with Crippen LogP contribution in [0.1, 0.15) is 47.7 Å². The van der Waals surface area contributed by atoms with Crippen molar-refractivity contribution in [2.45, 2.75) is 38.3 Å². The molecule has 1 amide bonds. The van der Waals surface area contributed by atoms with Crippen LogP contribution >= 0.6 is 23.2 Å². The minimum Gasteiger partial charge on any atom is -0.460 e. The first kappa shape index (κ1) is 20.6. The number of rotatable bonds is 6. The lowest BCUT2D eigenvalue weighted by atomic mass is 10.1. The maximum Gasteiger partial charge on any atom is 0.273 e. The van der Waals surface area contributed by atoms with Gasteiger partial charge in [-0.25, -0.2) is 0 Å². The van der Waals surface area contributed by atoms with Gasteiger partial charge in [0.15, 0.2) is 5.69 Å². The average molecular weight is 460 g/mol. The predicted molar refractivity (Wildman–Crippen MR) is 118 cm³/mol. The normalized spacial score (nSPS) is 21.5. The van der Waals surface area contributed by atoms with Gasteiger partial charge >= 0.3 is 0 Å². The van der Waals surface area contributed by atoms with Gasteiger partial charge in [-0.05, 0) is 49.1 Å². The molecule has 6 nitrogen and oxygen atoms in total. The Morgan fingerprint density at radius 3 is 2.84 bits per heavy atom. The zero-order valence-corrected chi connectivity index (χ0v) is 18.6. The smallest absolute Gasteiger partial charge is 0.273 e. The lowest BCUT2D eigenvalue weighted by molar-refractivity contribution is 0.0922. The predicted octanol–water partition coefficient (Wildman–Crippen LogP) is 5.37. The Balaban J connectivity index is 1.20. The number of nitrogens with zero attached hydrogens (tertiary/aromatic N) is 2. The quantitative estimate of drug-likeness (QED) is 0.536. The van der Waals surface area contributed by atoms with E-state index in [0.717, 1.165) is 43.0 Å². The van der Waals surface area contributed by atoms with Crippen molar-refractivity contribution in [2.24, 2.45) is 5.92 Å². The Morgan fingerprint density at radius 2 is 2.03 bits per heavy atom. The molecule has 0 spiro atoms.